The summed E-state index contributed by atoms with van der Waals surface area (Å²) >= 11 is 1.92. The van der Waals surface area contributed by atoms with E-state index in [9.17, 15) is 0 Å². The van der Waals surface area contributed by atoms with E-state index in [1.165, 1.54) is 10.5 Å². The molecule has 0 saturated heterocycles. The lowest BCUT2D eigenvalue weighted by Crippen LogP contribution is -2.07. The maximum Gasteiger partial charge on any atom is 0.231 e. The lowest BCUT2D eigenvalue weighted by molar-refractivity contribution is 0.111. The number of thioether (sulfide) groups is 1. The Kier molecular flexibility index (Phi) is 3.49. The third-order valence-corrected chi connectivity index (χ3v) is 5.08. The van der Waals surface area contributed by atoms with Crippen LogP contribution in [0.4, 0.5) is 0 Å². The summed E-state index contributed by atoms with van der Waals surface area (Å²) in [6.07, 6.45) is 0. The van der Waals surface area contributed by atoms with E-state index in [2.05, 4.69) is 24.3 Å². The minimum atomic E-state index is 0.315. The molecule has 4 heteroatoms. The van der Waals surface area contributed by atoms with Gasteiger partial charge < -0.3 is 14.2 Å². The van der Waals surface area contributed by atoms with E-state index in [-0.39, 0.29) is 0 Å². The average molecular weight is 300 g/mol. The number of hydrogen-bond donors (Lipinski definition) is 0. The summed E-state index contributed by atoms with van der Waals surface area (Å²) in [7, 11) is 0. The van der Waals surface area contributed by atoms with Crippen molar-refractivity contribution in [2.24, 2.45) is 0 Å². The molecule has 4 rings (SSSR count). The van der Waals surface area contributed by atoms with Crippen LogP contribution in [0.5, 0.6) is 11.5 Å². The van der Waals surface area contributed by atoms with Crippen LogP contribution >= 0.6 is 11.8 Å². The molecular weight excluding hydrogens is 284 g/mol. The molecular formula is C17H16O3S. The van der Waals surface area contributed by atoms with Crippen molar-refractivity contribution < 1.29 is 14.2 Å². The SMILES string of the molecule is c1ccc2c(c1)SCC2COCc1ccc2c(c1)OCO2. The number of fused-ring (bicyclic) bond motifs is 2. The average Bonchev–Trinajstić information content (AvgIpc) is 3.14. The van der Waals surface area contributed by atoms with Gasteiger partial charge in [0.25, 0.3) is 0 Å². The van der Waals surface area contributed by atoms with E-state index in [4.69, 9.17) is 14.2 Å². The van der Waals surface area contributed by atoms with E-state index < -0.39 is 0 Å². The summed E-state index contributed by atoms with van der Waals surface area (Å²) in [5.74, 6) is 3.25. The van der Waals surface area contributed by atoms with Crippen molar-refractivity contribution in [3.63, 3.8) is 0 Å². The molecule has 0 aromatic heterocycles. The zero-order valence-corrected chi connectivity index (χ0v) is 12.4. The predicted octanol–water partition coefficient (Wildman–Crippen LogP) is 3.82. The third-order valence-electron chi connectivity index (χ3n) is 3.82. The smallest absolute Gasteiger partial charge is 0.231 e. The molecule has 1 unspecified atom stereocenters. The fourth-order valence-electron chi connectivity index (χ4n) is 2.72. The first-order valence-corrected chi connectivity index (χ1v) is 8.07. The summed E-state index contributed by atoms with van der Waals surface area (Å²) in [6, 6.07) is 14.6. The summed E-state index contributed by atoms with van der Waals surface area (Å²) in [5, 5.41) is 0. The van der Waals surface area contributed by atoms with Crippen LogP contribution in [0, 0.1) is 0 Å². The Bertz CT molecular complexity index is 656. The molecule has 0 spiro atoms. The highest BCUT2D eigenvalue weighted by molar-refractivity contribution is 7.99. The van der Waals surface area contributed by atoms with Gasteiger partial charge in [-0.15, -0.1) is 11.8 Å². The van der Waals surface area contributed by atoms with Crippen molar-refractivity contribution in [1.82, 2.24) is 0 Å². The molecule has 0 amide bonds. The zero-order chi connectivity index (χ0) is 14.1. The Morgan fingerprint density at radius 3 is 3.00 bits per heavy atom. The molecule has 0 radical (unpaired) electrons. The maximum absolute atomic E-state index is 5.91. The second kappa shape index (κ2) is 5.62. The first-order valence-electron chi connectivity index (χ1n) is 7.08. The Labute approximate surface area is 128 Å². The molecule has 2 aromatic rings. The molecule has 0 saturated carbocycles. The van der Waals surface area contributed by atoms with Crippen LogP contribution < -0.4 is 9.47 Å². The van der Waals surface area contributed by atoms with Gasteiger partial charge in [0.15, 0.2) is 11.5 Å². The van der Waals surface area contributed by atoms with Crippen LogP contribution in [0.15, 0.2) is 47.4 Å². The Hall–Kier alpha value is -1.65. The van der Waals surface area contributed by atoms with Crippen LogP contribution in [0.2, 0.25) is 0 Å². The largest absolute Gasteiger partial charge is 0.454 e. The standard InChI is InChI=1S/C17H16O3S/c1-2-4-17-14(3-1)13(10-21-17)9-18-8-12-5-6-15-16(7-12)20-11-19-15/h1-7,13H,8-11H2. The molecule has 1 atom stereocenters. The normalized spacial score (nSPS) is 18.8. The van der Waals surface area contributed by atoms with Crippen molar-refractivity contribution >= 4 is 11.8 Å². The Balaban J connectivity index is 1.36. The first kappa shape index (κ1) is 13.0. The molecule has 0 fully saturated rings. The lowest BCUT2D eigenvalue weighted by atomic mass is 10.0. The highest BCUT2D eigenvalue weighted by atomic mass is 32.2. The maximum atomic E-state index is 5.91. The molecule has 2 aliphatic rings. The lowest BCUT2D eigenvalue weighted by Gasteiger charge is -2.11. The van der Waals surface area contributed by atoms with Gasteiger partial charge in [0.1, 0.15) is 0 Å². The molecule has 0 N–H and O–H groups in total. The van der Waals surface area contributed by atoms with Gasteiger partial charge in [-0.2, -0.15) is 0 Å². The number of rotatable bonds is 4. The Morgan fingerprint density at radius 1 is 1.10 bits per heavy atom. The quantitative estimate of drug-likeness (QED) is 0.858. The topological polar surface area (TPSA) is 27.7 Å². The summed E-state index contributed by atoms with van der Waals surface area (Å²) in [6.45, 7) is 1.69. The number of benzene rings is 2. The van der Waals surface area contributed by atoms with Crippen LogP contribution in [0.3, 0.4) is 0 Å². The summed E-state index contributed by atoms with van der Waals surface area (Å²) in [5.41, 5.74) is 2.55. The highest BCUT2D eigenvalue weighted by Crippen LogP contribution is 2.39. The number of hydrogen-bond acceptors (Lipinski definition) is 4. The fourth-order valence-corrected chi connectivity index (χ4v) is 3.95. The molecule has 0 aliphatic carbocycles. The first-order chi connectivity index (χ1) is 10.4. The van der Waals surface area contributed by atoms with Gasteiger partial charge in [-0.1, -0.05) is 24.3 Å². The van der Waals surface area contributed by atoms with Crippen LogP contribution in [-0.2, 0) is 11.3 Å². The minimum absolute atomic E-state index is 0.315. The second-order valence-electron chi connectivity index (χ2n) is 5.25. The van der Waals surface area contributed by atoms with Crippen molar-refractivity contribution in [3.8, 4) is 11.5 Å². The Morgan fingerprint density at radius 2 is 2.00 bits per heavy atom. The van der Waals surface area contributed by atoms with Gasteiger partial charge in [-0.3, -0.25) is 0 Å². The van der Waals surface area contributed by atoms with Crippen molar-refractivity contribution in [2.75, 3.05) is 19.2 Å². The summed E-state index contributed by atoms with van der Waals surface area (Å²) < 4.78 is 16.6. The monoisotopic (exact) mass is 300 g/mol. The minimum Gasteiger partial charge on any atom is -0.454 e. The van der Waals surface area contributed by atoms with Gasteiger partial charge in [0.05, 0.1) is 13.2 Å². The van der Waals surface area contributed by atoms with Crippen molar-refractivity contribution in [3.05, 3.63) is 53.6 Å². The molecule has 2 heterocycles. The molecule has 2 aromatic carbocycles. The summed E-state index contributed by atoms with van der Waals surface area (Å²) in [4.78, 5) is 1.40. The van der Waals surface area contributed by atoms with Crippen LogP contribution in [0.1, 0.15) is 17.0 Å². The van der Waals surface area contributed by atoms with Crippen LogP contribution in [-0.4, -0.2) is 19.2 Å². The molecule has 21 heavy (non-hydrogen) atoms. The molecule has 2 aliphatic heterocycles. The zero-order valence-electron chi connectivity index (χ0n) is 11.6. The van der Waals surface area contributed by atoms with Gasteiger partial charge in [-0.05, 0) is 29.3 Å². The second-order valence-corrected chi connectivity index (χ2v) is 6.31. The van der Waals surface area contributed by atoms with Crippen molar-refractivity contribution in [2.45, 2.75) is 17.4 Å². The fraction of sp³-hybridized carbons (Fsp3) is 0.294. The number of ether oxygens (including phenoxy) is 3. The van der Waals surface area contributed by atoms with Gasteiger partial charge >= 0.3 is 0 Å². The van der Waals surface area contributed by atoms with Gasteiger partial charge in [0, 0.05) is 16.6 Å². The predicted molar refractivity (Wildman–Crippen MR) is 82.1 cm³/mol. The molecule has 0 bridgehead atoms. The highest BCUT2D eigenvalue weighted by Gasteiger charge is 2.22. The van der Waals surface area contributed by atoms with E-state index in [0.717, 1.165) is 29.4 Å². The van der Waals surface area contributed by atoms with E-state index in [1.807, 2.05) is 30.0 Å². The van der Waals surface area contributed by atoms with E-state index >= 15 is 0 Å². The van der Waals surface area contributed by atoms with Crippen molar-refractivity contribution in [1.29, 1.82) is 0 Å². The van der Waals surface area contributed by atoms with Gasteiger partial charge in [0.2, 0.25) is 6.79 Å². The van der Waals surface area contributed by atoms with Crippen LogP contribution in [0.25, 0.3) is 0 Å². The van der Waals surface area contributed by atoms with Gasteiger partial charge in [-0.25, -0.2) is 0 Å². The van der Waals surface area contributed by atoms with E-state index in [1.54, 1.807) is 0 Å². The molecule has 108 valence electrons. The molecule has 3 nitrogen and oxygen atoms in total. The third kappa shape index (κ3) is 2.61. The van der Waals surface area contributed by atoms with E-state index in [0.29, 0.717) is 19.3 Å².